The Balaban J connectivity index is 1.33. The minimum Gasteiger partial charge on any atom is -0.344 e. The summed E-state index contributed by atoms with van der Waals surface area (Å²) >= 11 is 14.0. The fraction of sp³-hybridized carbons (Fsp3) is 0.346. The Morgan fingerprint density at radius 2 is 1.79 bits per heavy atom. The molecular formula is C26H27Cl2N7O3S. The Kier molecular flexibility index (Phi) is 9.71. The van der Waals surface area contributed by atoms with Gasteiger partial charge < -0.3 is 10.6 Å². The molecule has 3 unspecified atom stereocenters. The summed E-state index contributed by atoms with van der Waals surface area (Å²) in [5, 5.41) is 18.8. The van der Waals surface area contributed by atoms with Gasteiger partial charge in [-0.15, -0.1) is 16.9 Å². The average Bonchev–Trinajstić information content (AvgIpc) is 3.60. The SMILES string of the molecule is CCC(NC(=O)C(C)NC(=O)C1CSC(c2ccccc2)=N1)C(=O)Cn1nnnc1Cc1c(Cl)cccc1Cl. The molecular weight excluding hydrogens is 561 g/mol. The van der Waals surface area contributed by atoms with E-state index in [0.29, 0.717) is 33.6 Å². The second-order valence-corrected chi connectivity index (χ2v) is 10.7. The molecule has 2 N–H and O–H groups in total. The molecule has 1 aliphatic heterocycles. The van der Waals surface area contributed by atoms with Crippen molar-refractivity contribution < 1.29 is 14.4 Å². The van der Waals surface area contributed by atoms with E-state index < -0.39 is 24.0 Å². The highest BCUT2D eigenvalue weighted by Crippen LogP contribution is 2.26. The van der Waals surface area contributed by atoms with E-state index in [1.165, 1.54) is 16.4 Å². The molecule has 39 heavy (non-hydrogen) atoms. The van der Waals surface area contributed by atoms with Gasteiger partial charge >= 0.3 is 0 Å². The second kappa shape index (κ2) is 13.2. The van der Waals surface area contributed by atoms with E-state index in [4.69, 9.17) is 23.2 Å². The molecule has 3 aromatic rings. The molecule has 4 rings (SSSR count). The summed E-state index contributed by atoms with van der Waals surface area (Å²) in [7, 11) is 0. The van der Waals surface area contributed by atoms with E-state index in [0.717, 1.165) is 10.6 Å². The van der Waals surface area contributed by atoms with Gasteiger partial charge in [0.1, 0.15) is 18.6 Å². The van der Waals surface area contributed by atoms with Crippen LogP contribution in [0.25, 0.3) is 0 Å². The number of Topliss-reactive ketones (excluding diaryl/α,β-unsaturated/α-hetero) is 1. The number of halogens is 2. The van der Waals surface area contributed by atoms with Crippen molar-refractivity contribution in [1.82, 2.24) is 30.8 Å². The molecule has 1 aliphatic rings. The van der Waals surface area contributed by atoms with Gasteiger partial charge in [0.05, 0.1) is 11.1 Å². The monoisotopic (exact) mass is 587 g/mol. The molecule has 0 fully saturated rings. The van der Waals surface area contributed by atoms with E-state index in [2.05, 4.69) is 31.2 Å². The molecule has 0 saturated heterocycles. The minimum atomic E-state index is -0.855. The van der Waals surface area contributed by atoms with Crippen LogP contribution in [0.15, 0.2) is 53.5 Å². The third kappa shape index (κ3) is 7.23. The predicted octanol–water partition coefficient (Wildman–Crippen LogP) is 3.10. The van der Waals surface area contributed by atoms with Crippen LogP contribution in [-0.2, 0) is 27.3 Å². The van der Waals surface area contributed by atoms with E-state index in [-0.39, 0.29) is 24.7 Å². The Morgan fingerprint density at radius 1 is 1.08 bits per heavy atom. The number of aromatic nitrogens is 4. The van der Waals surface area contributed by atoms with E-state index in [9.17, 15) is 14.4 Å². The Hall–Kier alpha value is -3.28. The van der Waals surface area contributed by atoms with Gasteiger partial charge in [0.25, 0.3) is 0 Å². The number of nitrogens with one attached hydrogen (secondary N) is 2. The lowest BCUT2D eigenvalue weighted by molar-refractivity contribution is -0.131. The summed E-state index contributed by atoms with van der Waals surface area (Å²) in [6, 6.07) is 12.6. The molecule has 0 radical (unpaired) electrons. The number of amides is 2. The number of nitrogens with zero attached hydrogens (tertiary/aromatic N) is 5. The summed E-state index contributed by atoms with van der Waals surface area (Å²) in [6.45, 7) is 3.20. The zero-order chi connectivity index (χ0) is 27.9. The number of rotatable bonds is 11. The number of benzene rings is 2. The van der Waals surface area contributed by atoms with E-state index >= 15 is 0 Å². The van der Waals surface area contributed by atoms with E-state index in [1.54, 1.807) is 32.0 Å². The lowest BCUT2D eigenvalue weighted by Gasteiger charge is -2.20. The van der Waals surface area contributed by atoms with Gasteiger partial charge in [-0.1, -0.05) is 66.5 Å². The summed E-state index contributed by atoms with van der Waals surface area (Å²) in [6.07, 6.45) is 0.585. The highest BCUT2D eigenvalue weighted by molar-refractivity contribution is 8.14. The van der Waals surface area contributed by atoms with Gasteiger partial charge in [-0.05, 0) is 41.5 Å². The minimum absolute atomic E-state index is 0.153. The maximum atomic E-state index is 13.0. The van der Waals surface area contributed by atoms with Gasteiger partial charge in [-0.3, -0.25) is 19.4 Å². The number of ketones is 1. The molecule has 2 aromatic carbocycles. The number of hydrogen-bond acceptors (Lipinski definition) is 8. The summed E-state index contributed by atoms with van der Waals surface area (Å²) < 4.78 is 1.36. The molecule has 1 aromatic heterocycles. The maximum Gasteiger partial charge on any atom is 0.246 e. The van der Waals surface area contributed by atoms with Crippen LogP contribution in [-0.4, -0.2) is 66.7 Å². The molecule has 0 saturated carbocycles. The van der Waals surface area contributed by atoms with Crippen LogP contribution in [0.4, 0.5) is 0 Å². The van der Waals surface area contributed by atoms with Crippen molar-refractivity contribution in [1.29, 1.82) is 0 Å². The Labute approximate surface area is 239 Å². The Morgan fingerprint density at radius 3 is 2.49 bits per heavy atom. The number of carbonyl (C=O) groups is 3. The molecule has 2 heterocycles. The number of hydrogen-bond donors (Lipinski definition) is 2. The fourth-order valence-electron chi connectivity index (χ4n) is 3.92. The summed E-state index contributed by atoms with van der Waals surface area (Å²) in [4.78, 5) is 43.2. The summed E-state index contributed by atoms with van der Waals surface area (Å²) in [5.74, 6) is -0.195. The molecule has 204 valence electrons. The first-order chi connectivity index (χ1) is 18.8. The van der Waals surface area contributed by atoms with Crippen molar-refractivity contribution in [3.63, 3.8) is 0 Å². The fourth-order valence-corrected chi connectivity index (χ4v) is 5.50. The van der Waals surface area contributed by atoms with Gasteiger partial charge in [0.2, 0.25) is 11.8 Å². The van der Waals surface area contributed by atoms with Crippen LogP contribution in [0.1, 0.15) is 37.2 Å². The zero-order valence-electron chi connectivity index (χ0n) is 21.3. The van der Waals surface area contributed by atoms with Crippen LogP contribution >= 0.6 is 35.0 Å². The molecule has 2 amide bonds. The van der Waals surface area contributed by atoms with E-state index in [1.807, 2.05) is 30.3 Å². The number of tetrazole rings is 1. The van der Waals surface area contributed by atoms with Crippen LogP contribution in [0.2, 0.25) is 10.0 Å². The molecule has 0 spiro atoms. The third-order valence-electron chi connectivity index (χ3n) is 6.15. The lowest BCUT2D eigenvalue weighted by Crippen LogP contribution is -2.52. The van der Waals surface area contributed by atoms with Gasteiger partial charge in [-0.25, -0.2) is 4.68 Å². The standard InChI is InChI=1S/C26H27Cl2N7O3S/c1-3-20(22(36)13-35-23(32-33-34-35)12-17-18(27)10-7-11-19(17)28)30-24(37)15(2)29-25(38)21-14-39-26(31-21)16-8-5-4-6-9-16/h4-11,15,20-21H,3,12-14H2,1-2H3,(H,29,38)(H,30,37). The largest absolute Gasteiger partial charge is 0.344 e. The first-order valence-electron chi connectivity index (χ1n) is 12.3. The van der Waals surface area contributed by atoms with Gasteiger partial charge in [0, 0.05) is 27.8 Å². The molecule has 10 nitrogen and oxygen atoms in total. The van der Waals surface area contributed by atoms with Crippen LogP contribution in [0.5, 0.6) is 0 Å². The first-order valence-corrected chi connectivity index (χ1v) is 14.1. The smallest absolute Gasteiger partial charge is 0.246 e. The third-order valence-corrected chi connectivity index (χ3v) is 7.95. The highest BCUT2D eigenvalue weighted by Gasteiger charge is 2.29. The lowest BCUT2D eigenvalue weighted by atomic mass is 10.1. The quantitative estimate of drug-likeness (QED) is 0.352. The highest BCUT2D eigenvalue weighted by atomic mass is 35.5. The van der Waals surface area contributed by atoms with Crippen molar-refractivity contribution in [2.45, 2.75) is 51.4 Å². The van der Waals surface area contributed by atoms with Crippen molar-refractivity contribution in [2.24, 2.45) is 4.99 Å². The Bertz CT molecular complexity index is 1360. The van der Waals surface area contributed by atoms with Crippen molar-refractivity contribution >= 4 is 57.6 Å². The van der Waals surface area contributed by atoms with Crippen LogP contribution < -0.4 is 10.6 Å². The average molecular weight is 589 g/mol. The van der Waals surface area contributed by atoms with Crippen molar-refractivity contribution in [3.05, 3.63) is 75.5 Å². The summed E-state index contributed by atoms with van der Waals surface area (Å²) in [5.41, 5.74) is 1.60. The first kappa shape index (κ1) is 28.7. The molecule has 0 bridgehead atoms. The van der Waals surface area contributed by atoms with Crippen LogP contribution in [0.3, 0.4) is 0 Å². The number of thioether (sulfide) groups is 1. The van der Waals surface area contributed by atoms with Gasteiger partial charge in [0.15, 0.2) is 11.6 Å². The number of aliphatic imine (C=N–C) groups is 1. The molecule has 13 heteroatoms. The second-order valence-electron chi connectivity index (χ2n) is 8.92. The predicted molar refractivity (Wildman–Crippen MR) is 151 cm³/mol. The maximum absolute atomic E-state index is 13.0. The molecule has 3 atom stereocenters. The topological polar surface area (TPSA) is 131 Å². The zero-order valence-corrected chi connectivity index (χ0v) is 23.6. The number of carbonyl (C=O) groups excluding carboxylic acids is 3. The van der Waals surface area contributed by atoms with Gasteiger partial charge in [-0.2, -0.15) is 0 Å². The van der Waals surface area contributed by atoms with Crippen molar-refractivity contribution in [2.75, 3.05) is 5.75 Å². The van der Waals surface area contributed by atoms with Crippen molar-refractivity contribution in [3.8, 4) is 0 Å². The normalized spacial score (nSPS) is 16.3. The molecule has 0 aliphatic carbocycles. The van der Waals surface area contributed by atoms with Crippen LogP contribution in [0, 0.1) is 0 Å².